The number of furan rings is 1. The fourth-order valence-corrected chi connectivity index (χ4v) is 2.83. The maximum atomic E-state index is 5.52. The maximum Gasteiger partial charge on any atom is 0.164 e. The first-order valence-electron chi connectivity index (χ1n) is 7.24. The summed E-state index contributed by atoms with van der Waals surface area (Å²) >= 11 is 1.59. The van der Waals surface area contributed by atoms with Crippen molar-refractivity contribution in [2.24, 2.45) is 0 Å². The molecule has 0 unspecified atom stereocenters. The highest BCUT2D eigenvalue weighted by molar-refractivity contribution is 7.98. The van der Waals surface area contributed by atoms with Crippen LogP contribution in [0.5, 0.6) is 0 Å². The van der Waals surface area contributed by atoms with Gasteiger partial charge in [-0.25, -0.2) is 15.0 Å². The van der Waals surface area contributed by atoms with Crippen LogP contribution in [0.1, 0.15) is 17.9 Å². The number of imidazole rings is 1. The lowest BCUT2D eigenvalue weighted by Gasteiger charge is -2.05. The second-order valence-electron chi connectivity index (χ2n) is 5.04. The summed E-state index contributed by atoms with van der Waals surface area (Å²) in [6.45, 7) is 4.51. The van der Waals surface area contributed by atoms with Crippen LogP contribution in [0.25, 0.3) is 11.2 Å². The molecule has 0 aliphatic heterocycles. The molecule has 3 heterocycles. The fourth-order valence-electron chi connectivity index (χ4n) is 2.34. The number of hydrogen-bond donors (Lipinski definition) is 1. The topological polar surface area (TPSA) is 68.8 Å². The number of thioether (sulfide) groups is 1. The van der Waals surface area contributed by atoms with Crippen molar-refractivity contribution in [1.29, 1.82) is 0 Å². The number of fused-ring (bicyclic) bond motifs is 1. The Labute approximate surface area is 133 Å². The summed E-state index contributed by atoms with van der Waals surface area (Å²) in [6.07, 6.45) is 6.45. The van der Waals surface area contributed by atoms with Crippen molar-refractivity contribution in [2.45, 2.75) is 31.5 Å². The lowest BCUT2D eigenvalue weighted by molar-refractivity contribution is 0.457. The van der Waals surface area contributed by atoms with E-state index in [2.05, 4.69) is 24.8 Å². The largest absolute Gasteiger partial charge is 0.465 e. The van der Waals surface area contributed by atoms with Gasteiger partial charge in [-0.15, -0.1) is 11.8 Å². The van der Waals surface area contributed by atoms with Crippen LogP contribution in [0.3, 0.4) is 0 Å². The van der Waals surface area contributed by atoms with Crippen molar-refractivity contribution in [1.82, 2.24) is 24.8 Å². The van der Waals surface area contributed by atoms with Gasteiger partial charge >= 0.3 is 0 Å². The van der Waals surface area contributed by atoms with Gasteiger partial charge in [0.25, 0.3) is 0 Å². The average molecular weight is 317 g/mol. The SMILES string of the molecule is CSc1ncnc2c1ncn2CCCNCc1ccc(C)o1. The predicted molar refractivity (Wildman–Crippen MR) is 86.9 cm³/mol. The highest BCUT2D eigenvalue weighted by Gasteiger charge is 2.08. The van der Waals surface area contributed by atoms with E-state index in [0.29, 0.717) is 0 Å². The third kappa shape index (κ3) is 3.31. The standard InChI is InChI=1S/C15H19N5OS/c1-11-4-5-12(21-11)8-16-6-3-7-20-10-19-13-14(20)17-9-18-15(13)22-2/h4-5,9-10,16H,3,6-8H2,1-2H3. The van der Waals surface area contributed by atoms with Crippen LogP contribution < -0.4 is 5.32 Å². The molecule has 0 atom stereocenters. The molecule has 0 spiro atoms. The third-order valence-electron chi connectivity index (χ3n) is 3.41. The molecule has 0 amide bonds. The molecule has 3 aromatic heterocycles. The third-order valence-corrected chi connectivity index (χ3v) is 4.09. The summed E-state index contributed by atoms with van der Waals surface area (Å²) in [7, 11) is 0. The van der Waals surface area contributed by atoms with Crippen molar-refractivity contribution in [3.8, 4) is 0 Å². The number of rotatable bonds is 7. The number of nitrogens with zero attached hydrogens (tertiary/aromatic N) is 4. The molecule has 116 valence electrons. The molecule has 0 saturated heterocycles. The molecule has 22 heavy (non-hydrogen) atoms. The summed E-state index contributed by atoms with van der Waals surface area (Å²) in [5.74, 6) is 1.92. The highest BCUT2D eigenvalue weighted by atomic mass is 32.2. The fraction of sp³-hybridized carbons (Fsp3) is 0.400. The number of nitrogens with one attached hydrogen (secondary N) is 1. The molecule has 0 aliphatic rings. The first kappa shape index (κ1) is 15.1. The van der Waals surface area contributed by atoms with Gasteiger partial charge in [0.15, 0.2) is 5.65 Å². The molecule has 0 radical (unpaired) electrons. The Kier molecular flexibility index (Phi) is 4.74. The van der Waals surface area contributed by atoms with Crippen molar-refractivity contribution >= 4 is 22.9 Å². The van der Waals surface area contributed by atoms with E-state index in [4.69, 9.17) is 4.42 Å². The van der Waals surface area contributed by atoms with E-state index in [0.717, 1.165) is 53.8 Å². The Hall–Kier alpha value is -1.86. The quantitative estimate of drug-likeness (QED) is 0.410. The van der Waals surface area contributed by atoms with Gasteiger partial charge in [-0.2, -0.15) is 0 Å². The van der Waals surface area contributed by atoms with Gasteiger partial charge in [0.2, 0.25) is 0 Å². The van der Waals surface area contributed by atoms with E-state index < -0.39 is 0 Å². The second kappa shape index (κ2) is 6.93. The number of hydrogen-bond acceptors (Lipinski definition) is 6. The Morgan fingerprint density at radius 2 is 2.18 bits per heavy atom. The summed E-state index contributed by atoms with van der Waals surface area (Å²) in [4.78, 5) is 13.0. The van der Waals surface area contributed by atoms with Crippen LogP contribution in [-0.4, -0.2) is 32.3 Å². The van der Waals surface area contributed by atoms with E-state index in [9.17, 15) is 0 Å². The van der Waals surface area contributed by atoms with Gasteiger partial charge in [-0.05, 0) is 38.3 Å². The number of aryl methyl sites for hydroxylation is 2. The minimum atomic E-state index is 0.761. The summed E-state index contributed by atoms with van der Waals surface area (Å²) in [5, 5.41) is 4.31. The molecular formula is C15H19N5OS. The van der Waals surface area contributed by atoms with Gasteiger partial charge in [0.05, 0.1) is 12.9 Å². The zero-order chi connectivity index (χ0) is 15.4. The van der Waals surface area contributed by atoms with E-state index in [1.807, 2.05) is 31.6 Å². The monoisotopic (exact) mass is 317 g/mol. The Morgan fingerprint density at radius 3 is 2.95 bits per heavy atom. The van der Waals surface area contributed by atoms with Gasteiger partial charge in [-0.3, -0.25) is 0 Å². The van der Waals surface area contributed by atoms with Crippen LogP contribution in [0.2, 0.25) is 0 Å². The molecule has 6 nitrogen and oxygen atoms in total. The van der Waals surface area contributed by atoms with Crippen LogP contribution in [0.4, 0.5) is 0 Å². The Balaban J connectivity index is 1.51. The van der Waals surface area contributed by atoms with Crippen LogP contribution in [-0.2, 0) is 13.1 Å². The molecule has 0 aromatic carbocycles. The lowest BCUT2D eigenvalue weighted by atomic mass is 10.4. The van der Waals surface area contributed by atoms with E-state index in [-0.39, 0.29) is 0 Å². The van der Waals surface area contributed by atoms with Gasteiger partial charge < -0.3 is 14.3 Å². The summed E-state index contributed by atoms with van der Waals surface area (Å²) < 4.78 is 7.60. The molecular weight excluding hydrogens is 298 g/mol. The molecule has 3 rings (SSSR count). The normalized spacial score (nSPS) is 11.4. The van der Waals surface area contributed by atoms with Crippen molar-refractivity contribution in [3.63, 3.8) is 0 Å². The van der Waals surface area contributed by atoms with Gasteiger partial charge in [0.1, 0.15) is 28.4 Å². The first-order chi connectivity index (χ1) is 10.8. The van der Waals surface area contributed by atoms with Crippen LogP contribution in [0.15, 0.2) is 34.2 Å². The molecule has 3 aromatic rings. The zero-order valence-electron chi connectivity index (χ0n) is 12.7. The Bertz CT molecular complexity index is 751. The van der Waals surface area contributed by atoms with E-state index in [1.54, 1.807) is 18.1 Å². The maximum absolute atomic E-state index is 5.52. The number of aromatic nitrogens is 4. The van der Waals surface area contributed by atoms with Crippen molar-refractivity contribution in [3.05, 3.63) is 36.3 Å². The predicted octanol–water partition coefficient (Wildman–Crippen LogP) is 2.63. The van der Waals surface area contributed by atoms with Crippen molar-refractivity contribution in [2.75, 3.05) is 12.8 Å². The molecule has 0 bridgehead atoms. The van der Waals surface area contributed by atoms with E-state index in [1.165, 1.54) is 0 Å². The first-order valence-corrected chi connectivity index (χ1v) is 8.46. The summed E-state index contributed by atoms with van der Waals surface area (Å²) in [5.41, 5.74) is 1.79. The summed E-state index contributed by atoms with van der Waals surface area (Å²) in [6, 6.07) is 3.99. The molecule has 1 N–H and O–H groups in total. The van der Waals surface area contributed by atoms with E-state index >= 15 is 0 Å². The smallest absolute Gasteiger partial charge is 0.164 e. The minimum Gasteiger partial charge on any atom is -0.465 e. The average Bonchev–Trinajstić information content (AvgIpc) is 3.13. The zero-order valence-corrected chi connectivity index (χ0v) is 13.6. The molecule has 7 heteroatoms. The van der Waals surface area contributed by atoms with Crippen LogP contribution in [0, 0.1) is 6.92 Å². The molecule has 0 fully saturated rings. The second-order valence-corrected chi connectivity index (χ2v) is 5.83. The molecule has 0 aliphatic carbocycles. The van der Waals surface area contributed by atoms with Crippen LogP contribution >= 0.6 is 11.8 Å². The Morgan fingerprint density at radius 1 is 1.27 bits per heavy atom. The van der Waals surface area contributed by atoms with Crippen molar-refractivity contribution < 1.29 is 4.42 Å². The van der Waals surface area contributed by atoms with Gasteiger partial charge in [0, 0.05) is 6.54 Å². The van der Waals surface area contributed by atoms with Gasteiger partial charge in [-0.1, -0.05) is 0 Å². The lowest BCUT2D eigenvalue weighted by Crippen LogP contribution is -2.16. The molecule has 0 saturated carbocycles. The highest BCUT2D eigenvalue weighted by Crippen LogP contribution is 2.20. The minimum absolute atomic E-state index is 0.761.